The molecule has 4 nitrogen and oxygen atoms in total. The van der Waals surface area contributed by atoms with E-state index < -0.39 is 0 Å². The Morgan fingerprint density at radius 1 is 0.977 bits per heavy atom. The number of hydrogen-bond donors (Lipinski definition) is 0. The number of aryl methyl sites for hydroxylation is 2. The van der Waals surface area contributed by atoms with Crippen LogP contribution < -0.4 is 14.4 Å². The zero-order valence-electron chi connectivity index (χ0n) is 28.4. The van der Waals surface area contributed by atoms with Gasteiger partial charge in [-0.25, -0.2) is 0 Å². The van der Waals surface area contributed by atoms with Crippen molar-refractivity contribution in [2.75, 3.05) is 39.4 Å². The van der Waals surface area contributed by atoms with Gasteiger partial charge in [-0.3, -0.25) is 0 Å². The van der Waals surface area contributed by atoms with Crippen LogP contribution in [0, 0.1) is 20.8 Å². The summed E-state index contributed by atoms with van der Waals surface area (Å²) in [5, 5.41) is 0.845. The maximum atomic E-state index is 7.11. The number of anilines is 1. The molecule has 44 heavy (non-hydrogen) atoms. The quantitative estimate of drug-likeness (QED) is 0.249. The molecule has 0 aromatic heterocycles. The lowest BCUT2D eigenvalue weighted by atomic mass is 9.75. The fourth-order valence-corrected chi connectivity index (χ4v) is 6.89. The van der Waals surface area contributed by atoms with Crippen molar-refractivity contribution in [2.24, 2.45) is 0 Å². The van der Waals surface area contributed by atoms with E-state index in [9.17, 15) is 0 Å². The molecule has 0 saturated heterocycles. The third-order valence-electron chi connectivity index (χ3n) is 9.64. The van der Waals surface area contributed by atoms with E-state index in [-0.39, 0.29) is 10.8 Å². The SMILES string of the molecule is C=C(/C=C/C1=C(Cl)C(=C/C=C2/N(CCOC)c3c(C)cc(OC)cc3C2(C)C)/CCC1)C(C)(C)c1cc(OC)cc(C)c1C. The van der Waals surface area contributed by atoms with Gasteiger partial charge in [0.25, 0.3) is 0 Å². The highest BCUT2D eigenvalue weighted by Gasteiger charge is 2.41. The van der Waals surface area contributed by atoms with Gasteiger partial charge in [0.2, 0.25) is 0 Å². The summed E-state index contributed by atoms with van der Waals surface area (Å²) in [6, 6.07) is 8.51. The molecule has 0 spiro atoms. The van der Waals surface area contributed by atoms with Crippen LogP contribution in [0.2, 0.25) is 0 Å². The van der Waals surface area contributed by atoms with Gasteiger partial charge in [0.15, 0.2) is 0 Å². The van der Waals surface area contributed by atoms with Crippen LogP contribution >= 0.6 is 11.6 Å². The van der Waals surface area contributed by atoms with Gasteiger partial charge in [-0.15, -0.1) is 0 Å². The van der Waals surface area contributed by atoms with Gasteiger partial charge in [0.1, 0.15) is 11.5 Å². The van der Waals surface area contributed by atoms with E-state index in [0.29, 0.717) is 6.61 Å². The number of hydrogen-bond acceptors (Lipinski definition) is 4. The predicted molar refractivity (Wildman–Crippen MR) is 187 cm³/mol. The predicted octanol–water partition coefficient (Wildman–Crippen LogP) is 9.95. The molecular weight excluding hydrogens is 566 g/mol. The number of methoxy groups -OCH3 is 3. The highest BCUT2D eigenvalue weighted by molar-refractivity contribution is 6.32. The van der Waals surface area contributed by atoms with Gasteiger partial charge in [0, 0.05) is 40.9 Å². The van der Waals surface area contributed by atoms with E-state index in [1.54, 1.807) is 21.3 Å². The van der Waals surface area contributed by atoms with Crippen LogP contribution in [0.4, 0.5) is 5.69 Å². The molecule has 0 saturated carbocycles. The first-order valence-corrected chi connectivity index (χ1v) is 15.9. The first kappa shape index (κ1) is 33.7. The standard InChI is InChI=1S/C39H50ClNO3/c1-25-21-31(43-10)23-33(28(25)4)38(5,6)27(3)15-16-29-13-12-14-30(36(29)40)17-18-35-39(7,8)34-24-32(44-11)22-26(2)37(34)41(35)19-20-42-9/h15-18,21-24H,3,12-14,19-20H2,1-2,4-11H3/b16-15+,30-17+,35-18+. The van der Waals surface area contributed by atoms with E-state index in [0.717, 1.165) is 53.5 Å². The van der Waals surface area contributed by atoms with Crippen molar-refractivity contribution in [3.8, 4) is 11.5 Å². The molecule has 1 aliphatic carbocycles. The Kier molecular flexibility index (Phi) is 10.3. The van der Waals surface area contributed by atoms with Gasteiger partial charge in [-0.05, 0) is 115 Å². The maximum absolute atomic E-state index is 7.11. The molecule has 2 aromatic rings. The van der Waals surface area contributed by atoms with Gasteiger partial charge in [0.05, 0.1) is 20.8 Å². The number of benzene rings is 2. The fourth-order valence-electron chi connectivity index (χ4n) is 6.57. The second kappa shape index (κ2) is 13.4. The van der Waals surface area contributed by atoms with Gasteiger partial charge in [-0.1, -0.05) is 64.1 Å². The highest BCUT2D eigenvalue weighted by Crippen LogP contribution is 2.50. The number of nitrogens with zero attached hydrogens (tertiary/aromatic N) is 1. The Labute approximate surface area is 270 Å². The third kappa shape index (κ3) is 6.43. The Morgan fingerprint density at radius 3 is 2.30 bits per heavy atom. The average Bonchev–Trinajstić information content (AvgIpc) is 3.21. The smallest absolute Gasteiger partial charge is 0.119 e. The maximum Gasteiger partial charge on any atom is 0.119 e. The summed E-state index contributed by atoms with van der Waals surface area (Å²) in [5.41, 5.74) is 11.6. The van der Waals surface area contributed by atoms with E-state index in [1.807, 2.05) is 0 Å². The zero-order chi connectivity index (χ0) is 32.4. The molecule has 2 aromatic carbocycles. The van der Waals surface area contributed by atoms with Crippen LogP contribution in [0.3, 0.4) is 0 Å². The Morgan fingerprint density at radius 2 is 1.64 bits per heavy atom. The number of fused-ring (bicyclic) bond motifs is 1. The Bertz CT molecular complexity index is 1550. The lowest BCUT2D eigenvalue weighted by Crippen LogP contribution is -2.29. The first-order chi connectivity index (χ1) is 20.8. The number of rotatable bonds is 10. The topological polar surface area (TPSA) is 30.9 Å². The highest BCUT2D eigenvalue weighted by atomic mass is 35.5. The molecular formula is C39H50ClNO3. The molecule has 0 unspecified atom stereocenters. The number of halogens is 1. The van der Waals surface area contributed by atoms with Crippen molar-refractivity contribution < 1.29 is 14.2 Å². The zero-order valence-corrected chi connectivity index (χ0v) is 29.2. The third-order valence-corrected chi connectivity index (χ3v) is 10.1. The summed E-state index contributed by atoms with van der Waals surface area (Å²) in [4.78, 5) is 2.40. The van der Waals surface area contributed by atoms with Crippen molar-refractivity contribution in [1.82, 2.24) is 0 Å². The van der Waals surface area contributed by atoms with Crippen LogP contribution in [0.15, 0.2) is 82.6 Å². The minimum Gasteiger partial charge on any atom is -0.497 e. The van der Waals surface area contributed by atoms with Crippen LogP contribution in [0.1, 0.15) is 74.8 Å². The molecule has 0 amide bonds. The summed E-state index contributed by atoms with van der Waals surface area (Å²) in [6.07, 6.45) is 11.8. The molecule has 0 atom stereocenters. The summed E-state index contributed by atoms with van der Waals surface area (Å²) in [7, 11) is 5.20. The van der Waals surface area contributed by atoms with E-state index in [1.165, 1.54) is 44.8 Å². The molecule has 0 bridgehead atoms. The van der Waals surface area contributed by atoms with Crippen molar-refractivity contribution in [3.63, 3.8) is 0 Å². The van der Waals surface area contributed by atoms with Crippen LogP contribution in [0.25, 0.3) is 0 Å². The van der Waals surface area contributed by atoms with Gasteiger partial charge < -0.3 is 19.1 Å². The number of allylic oxidation sites excluding steroid dienone is 9. The molecule has 1 aliphatic heterocycles. The molecule has 0 N–H and O–H groups in total. The normalized spacial score (nSPS) is 18.5. The summed E-state index contributed by atoms with van der Waals surface area (Å²) >= 11 is 7.11. The van der Waals surface area contributed by atoms with Crippen LogP contribution in [0.5, 0.6) is 11.5 Å². The lowest BCUT2D eigenvalue weighted by molar-refractivity contribution is 0.206. The molecule has 4 rings (SSSR count). The van der Waals surface area contributed by atoms with E-state index in [4.69, 9.17) is 25.8 Å². The Balaban J connectivity index is 1.67. The molecule has 5 heteroatoms. The van der Waals surface area contributed by atoms with Crippen molar-refractivity contribution in [3.05, 3.63) is 110 Å². The lowest BCUT2D eigenvalue weighted by Gasteiger charge is -2.29. The largest absolute Gasteiger partial charge is 0.497 e. The van der Waals surface area contributed by atoms with Crippen LogP contribution in [-0.4, -0.2) is 34.5 Å². The average molecular weight is 616 g/mol. The first-order valence-electron chi connectivity index (χ1n) is 15.6. The molecule has 1 heterocycles. The van der Waals surface area contributed by atoms with Crippen molar-refractivity contribution in [2.45, 2.75) is 78.6 Å². The van der Waals surface area contributed by atoms with Crippen molar-refractivity contribution in [1.29, 1.82) is 0 Å². The minimum atomic E-state index is -0.264. The summed E-state index contributed by atoms with van der Waals surface area (Å²) in [6.45, 7) is 21.4. The second-order valence-electron chi connectivity index (χ2n) is 13.1. The monoisotopic (exact) mass is 615 g/mol. The minimum absolute atomic E-state index is 0.201. The van der Waals surface area contributed by atoms with Crippen molar-refractivity contribution >= 4 is 17.3 Å². The summed E-state index contributed by atoms with van der Waals surface area (Å²) in [5.74, 6) is 1.76. The van der Waals surface area contributed by atoms with Crippen LogP contribution in [-0.2, 0) is 15.6 Å². The van der Waals surface area contributed by atoms with E-state index in [2.05, 4.69) is 109 Å². The van der Waals surface area contributed by atoms with Gasteiger partial charge >= 0.3 is 0 Å². The fraction of sp³-hybridized carbons (Fsp3) is 0.436. The Hall–Kier alpha value is -3.21. The van der Waals surface area contributed by atoms with Gasteiger partial charge in [-0.2, -0.15) is 0 Å². The summed E-state index contributed by atoms with van der Waals surface area (Å²) < 4.78 is 16.7. The molecule has 0 fully saturated rings. The molecule has 236 valence electrons. The second-order valence-corrected chi connectivity index (χ2v) is 13.5. The molecule has 2 aliphatic rings. The van der Waals surface area contributed by atoms with E-state index >= 15 is 0 Å². The number of ether oxygens (including phenoxy) is 3. The molecule has 0 radical (unpaired) electrons.